The van der Waals surface area contributed by atoms with Gasteiger partial charge in [0, 0.05) is 11.6 Å². The van der Waals surface area contributed by atoms with Gasteiger partial charge in [-0.25, -0.2) is 4.39 Å². The number of benzene rings is 2. The average Bonchev–Trinajstić information content (AvgIpc) is 2.55. The van der Waals surface area contributed by atoms with Crippen molar-refractivity contribution in [1.29, 1.82) is 5.26 Å². The van der Waals surface area contributed by atoms with E-state index in [9.17, 15) is 19.3 Å². The molecular weight excluding hydrogens is 317 g/mol. The fourth-order valence-electron chi connectivity index (χ4n) is 2.02. The van der Waals surface area contributed by atoms with Crippen molar-refractivity contribution in [2.75, 3.05) is 11.9 Å². The normalized spacial score (nSPS) is 9.88. The summed E-state index contributed by atoms with van der Waals surface area (Å²) < 4.78 is 18.7. The van der Waals surface area contributed by atoms with Crippen LogP contribution in [0.3, 0.4) is 0 Å². The number of carbonyl (C=O) groups excluding carboxylic acids is 1. The van der Waals surface area contributed by atoms with Gasteiger partial charge < -0.3 is 10.1 Å². The molecule has 0 atom stereocenters. The molecule has 0 aliphatic heterocycles. The molecule has 0 bridgehead atoms. The molecule has 2 aromatic rings. The van der Waals surface area contributed by atoms with Crippen molar-refractivity contribution >= 4 is 17.3 Å². The number of hydrogen-bond donors (Lipinski definition) is 1. The molecule has 0 radical (unpaired) electrons. The average molecular weight is 329 g/mol. The first-order valence-corrected chi connectivity index (χ1v) is 6.89. The van der Waals surface area contributed by atoms with E-state index in [0.717, 1.165) is 12.1 Å². The lowest BCUT2D eigenvalue weighted by Crippen LogP contribution is -2.14. The fraction of sp³-hybridized carbons (Fsp3) is 0.125. The summed E-state index contributed by atoms with van der Waals surface area (Å²) in [4.78, 5) is 22.6. The lowest BCUT2D eigenvalue weighted by Gasteiger charge is -2.09. The first-order valence-electron chi connectivity index (χ1n) is 6.89. The molecule has 2 rings (SSSR count). The predicted molar refractivity (Wildman–Crippen MR) is 83.3 cm³/mol. The van der Waals surface area contributed by atoms with E-state index < -0.39 is 16.6 Å². The molecule has 0 fully saturated rings. The largest absolute Gasteiger partial charge is 0.487 e. The van der Waals surface area contributed by atoms with Crippen LogP contribution in [0.15, 0.2) is 36.4 Å². The highest BCUT2D eigenvalue weighted by Gasteiger charge is 2.19. The van der Waals surface area contributed by atoms with E-state index in [1.807, 2.05) is 0 Å². The number of nitrogens with one attached hydrogen (secondary N) is 1. The van der Waals surface area contributed by atoms with Gasteiger partial charge in [-0.1, -0.05) is 6.07 Å². The number of nitro benzene ring substituents is 1. The number of ether oxygens (including phenoxy) is 1. The van der Waals surface area contributed by atoms with Crippen LogP contribution in [0.4, 0.5) is 15.8 Å². The van der Waals surface area contributed by atoms with Crippen molar-refractivity contribution < 1.29 is 18.8 Å². The summed E-state index contributed by atoms with van der Waals surface area (Å²) in [6.07, 6.45) is 0. The minimum absolute atomic E-state index is 0.0148. The SMILES string of the molecule is CCOc1ccc(C(=O)Nc2cccc(F)c2C#N)cc1[N+](=O)[O-]. The van der Waals surface area contributed by atoms with Crippen LogP contribution in [0.1, 0.15) is 22.8 Å². The molecule has 1 amide bonds. The Balaban J connectivity index is 2.34. The first kappa shape index (κ1) is 16.9. The highest BCUT2D eigenvalue weighted by atomic mass is 19.1. The Morgan fingerprint density at radius 3 is 2.79 bits per heavy atom. The Labute approximate surface area is 136 Å². The lowest BCUT2D eigenvalue weighted by molar-refractivity contribution is -0.385. The molecule has 0 aliphatic rings. The van der Waals surface area contributed by atoms with Gasteiger partial charge >= 0.3 is 5.69 Å². The van der Waals surface area contributed by atoms with Gasteiger partial charge in [-0.2, -0.15) is 5.26 Å². The highest BCUT2D eigenvalue weighted by Crippen LogP contribution is 2.28. The second-order valence-corrected chi connectivity index (χ2v) is 4.60. The molecule has 0 unspecified atom stereocenters. The van der Waals surface area contributed by atoms with E-state index >= 15 is 0 Å². The molecule has 0 aromatic heterocycles. The van der Waals surface area contributed by atoms with Crippen molar-refractivity contribution in [3.63, 3.8) is 0 Å². The molecule has 0 saturated heterocycles. The minimum atomic E-state index is -0.770. The maximum atomic E-state index is 13.5. The Kier molecular flexibility index (Phi) is 5.06. The topological polar surface area (TPSA) is 105 Å². The number of halogens is 1. The van der Waals surface area contributed by atoms with Gasteiger partial charge in [0.05, 0.1) is 17.2 Å². The molecule has 0 heterocycles. The molecule has 8 heteroatoms. The van der Waals surface area contributed by atoms with Crippen molar-refractivity contribution in [3.8, 4) is 11.8 Å². The molecule has 1 N–H and O–H groups in total. The molecule has 0 saturated carbocycles. The van der Waals surface area contributed by atoms with E-state index in [1.165, 1.54) is 24.3 Å². The Morgan fingerprint density at radius 2 is 2.17 bits per heavy atom. The van der Waals surface area contributed by atoms with Crippen molar-refractivity contribution in [2.24, 2.45) is 0 Å². The zero-order valence-corrected chi connectivity index (χ0v) is 12.6. The summed E-state index contributed by atoms with van der Waals surface area (Å²) >= 11 is 0. The summed E-state index contributed by atoms with van der Waals surface area (Å²) in [7, 11) is 0. The van der Waals surface area contributed by atoms with Gasteiger partial charge in [-0.15, -0.1) is 0 Å². The third kappa shape index (κ3) is 3.47. The molecule has 0 spiro atoms. The van der Waals surface area contributed by atoms with Gasteiger partial charge in [0.2, 0.25) is 0 Å². The summed E-state index contributed by atoms with van der Waals surface area (Å²) in [6.45, 7) is 1.92. The molecular formula is C16H12FN3O4. The predicted octanol–water partition coefficient (Wildman–Crippen LogP) is 3.26. The second-order valence-electron chi connectivity index (χ2n) is 4.60. The van der Waals surface area contributed by atoms with E-state index in [-0.39, 0.29) is 34.9 Å². The maximum absolute atomic E-state index is 13.5. The Bertz CT molecular complexity index is 846. The van der Waals surface area contributed by atoms with Gasteiger partial charge in [0.15, 0.2) is 5.75 Å². The number of carbonyl (C=O) groups is 1. The van der Waals surface area contributed by atoms with Crippen LogP contribution in [0.25, 0.3) is 0 Å². The summed E-state index contributed by atoms with van der Waals surface area (Å²) in [6, 6.07) is 9.17. The Morgan fingerprint density at radius 1 is 1.42 bits per heavy atom. The second kappa shape index (κ2) is 7.19. The third-order valence-electron chi connectivity index (χ3n) is 3.09. The maximum Gasteiger partial charge on any atom is 0.311 e. The van der Waals surface area contributed by atoms with Crippen LogP contribution >= 0.6 is 0 Å². The van der Waals surface area contributed by atoms with Crippen molar-refractivity contribution in [2.45, 2.75) is 6.92 Å². The van der Waals surface area contributed by atoms with Crippen molar-refractivity contribution in [3.05, 3.63) is 63.5 Å². The van der Waals surface area contributed by atoms with Crippen LogP contribution < -0.4 is 10.1 Å². The minimum Gasteiger partial charge on any atom is -0.487 e. The van der Waals surface area contributed by atoms with Crippen LogP contribution in [0.5, 0.6) is 5.75 Å². The smallest absolute Gasteiger partial charge is 0.311 e. The van der Waals surface area contributed by atoms with E-state index in [4.69, 9.17) is 10.00 Å². The monoisotopic (exact) mass is 329 g/mol. The number of rotatable bonds is 5. The number of anilines is 1. The van der Waals surface area contributed by atoms with E-state index in [0.29, 0.717) is 0 Å². The van der Waals surface area contributed by atoms with Gasteiger partial charge in [-0.05, 0) is 31.2 Å². The van der Waals surface area contributed by atoms with Gasteiger partial charge in [0.1, 0.15) is 17.4 Å². The number of nitriles is 1. The van der Waals surface area contributed by atoms with Crippen molar-refractivity contribution in [1.82, 2.24) is 0 Å². The van der Waals surface area contributed by atoms with Gasteiger partial charge in [0.25, 0.3) is 5.91 Å². The van der Waals surface area contributed by atoms with Gasteiger partial charge in [-0.3, -0.25) is 14.9 Å². The zero-order chi connectivity index (χ0) is 17.7. The molecule has 24 heavy (non-hydrogen) atoms. The first-order chi connectivity index (χ1) is 11.5. The highest BCUT2D eigenvalue weighted by molar-refractivity contribution is 6.05. The summed E-state index contributed by atoms with van der Waals surface area (Å²) in [5, 5.41) is 22.4. The number of nitro groups is 1. The molecule has 2 aromatic carbocycles. The van der Waals surface area contributed by atoms with Crippen LogP contribution in [0, 0.1) is 27.3 Å². The number of nitrogens with zero attached hydrogens (tertiary/aromatic N) is 2. The lowest BCUT2D eigenvalue weighted by atomic mass is 10.1. The number of hydrogen-bond acceptors (Lipinski definition) is 5. The number of amides is 1. The molecule has 0 aliphatic carbocycles. The standard InChI is InChI=1S/C16H12FN3O4/c1-2-24-15-7-6-10(8-14(15)20(22)23)16(21)19-13-5-3-4-12(17)11(13)9-18/h3-8H,2H2,1H3,(H,19,21). The van der Waals surface area contributed by atoms with Crippen LogP contribution in [-0.2, 0) is 0 Å². The van der Waals surface area contributed by atoms with E-state index in [2.05, 4.69) is 5.32 Å². The molecule has 7 nitrogen and oxygen atoms in total. The van der Waals surface area contributed by atoms with E-state index in [1.54, 1.807) is 13.0 Å². The third-order valence-corrected chi connectivity index (χ3v) is 3.09. The fourth-order valence-corrected chi connectivity index (χ4v) is 2.02. The Hall–Kier alpha value is -3.47. The summed E-state index contributed by atoms with van der Waals surface area (Å²) in [5.74, 6) is -1.43. The summed E-state index contributed by atoms with van der Waals surface area (Å²) in [5.41, 5.74) is -0.701. The quantitative estimate of drug-likeness (QED) is 0.669. The van der Waals surface area contributed by atoms with Crippen LogP contribution in [0.2, 0.25) is 0 Å². The van der Waals surface area contributed by atoms with Crippen LogP contribution in [-0.4, -0.2) is 17.4 Å². The zero-order valence-electron chi connectivity index (χ0n) is 12.6. The molecule has 122 valence electrons.